The first-order valence-electron chi connectivity index (χ1n) is 11.2. The number of amides is 2. The summed E-state index contributed by atoms with van der Waals surface area (Å²) < 4.78 is 11.1. The molecule has 0 fully saturated rings. The molecule has 8 heteroatoms. The lowest BCUT2D eigenvalue weighted by atomic mass is 10.1. The number of ketones is 1. The van der Waals surface area contributed by atoms with Gasteiger partial charge in [-0.1, -0.05) is 54.1 Å². The van der Waals surface area contributed by atoms with E-state index in [1.54, 1.807) is 49.4 Å². The smallest absolute Gasteiger partial charge is 0.265 e. The third-order valence-corrected chi connectivity index (χ3v) is 6.09. The molecule has 0 spiro atoms. The average molecular weight is 493 g/mol. The zero-order chi connectivity index (χ0) is 24.9. The van der Waals surface area contributed by atoms with Gasteiger partial charge in [-0.25, -0.2) is 0 Å². The van der Waals surface area contributed by atoms with Crippen LogP contribution < -0.4 is 19.7 Å². The van der Waals surface area contributed by atoms with E-state index in [9.17, 15) is 14.4 Å². The highest BCUT2D eigenvalue weighted by atomic mass is 35.5. The van der Waals surface area contributed by atoms with Gasteiger partial charge < -0.3 is 14.8 Å². The molecule has 0 aromatic heterocycles. The number of para-hydroxylation sites is 1. The van der Waals surface area contributed by atoms with E-state index in [1.165, 1.54) is 4.90 Å². The van der Waals surface area contributed by atoms with E-state index in [-0.39, 0.29) is 36.9 Å². The Balaban J connectivity index is 1.51. The summed E-state index contributed by atoms with van der Waals surface area (Å²) in [5.41, 5.74) is 1.64. The summed E-state index contributed by atoms with van der Waals surface area (Å²) in [6.07, 6.45) is 0. The van der Waals surface area contributed by atoms with Crippen molar-refractivity contribution in [1.82, 2.24) is 5.32 Å². The molecule has 0 radical (unpaired) electrons. The number of hydrogen-bond acceptors (Lipinski definition) is 5. The maximum Gasteiger partial charge on any atom is 0.265 e. The highest BCUT2D eigenvalue weighted by Crippen LogP contribution is 2.35. The Kier molecular flexibility index (Phi) is 7.36. The van der Waals surface area contributed by atoms with Crippen LogP contribution in [0, 0.1) is 0 Å². The van der Waals surface area contributed by atoms with E-state index in [4.69, 9.17) is 21.1 Å². The Morgan fingerprint density at radius 2 is 1.77 bits per heavy atom. The fraction of sp³-hybridized carbons (Fsp3) is 0.222. The first kappa shape index (κ1) is 24.3. The van der Waals surface area contributed by atoms with Crippen molar-refractivity contribution >= 4 is 34.9 Å². The number of anilines is 1. The minimum atomic E-state index is -0.818. The number of hydrogen-bond donors (Lipinski definition) is 1. The van der Waals surface area contributed by atoms with Crippen LogP contribution in [-0.4, -0.2) is 36.9 Å². The molecule has 0 bridgehead atoms. The number of fused-ring (bicyclic) bond motifs is 1. The molecule has 1 aliphatic heterocycles. The van der Waals surface area contributed by atoms with E-state index < -0.39 is 6.04 Å². The third-order valence-electron chi connectivity index (χ3n) is 5.78. The monoisotopic (exact) mass is 492 g/mol. The summed E-state index contributed by atoms with van der Waals surface area (Å²) in [6, 6.07) is 20.1. The number of nitrogens with one attached hydrogen (secondary N) is 1. The first-order chi connectivity index (χ1) is 16.8. The lowest BCUT2D eigenvalue weighted by molar-refractivity contribution is -0.127. The lowest BCUT2D eigenvalue weighted by Gasteiger charge is -2.34. The van der Waals surface area contributed by atoms with Crippen LogP contribution in [0.15, 0.2) is 72.8 Å². The van der Waals surface area contributed by atoms with E-state index >= 15 is 0 Å². The molecule has 0 saturated carbocycles. The molecule has 2 atom stereocenters. The van der Waals surface area contributed by atoms with Crippen LogP contribution in [0.1, 0.15) is 35.8 Å². The normalized spacial score (nSPS) is 14.4. The molecular weight excluding hydrogens is 468 g/mol. The number of rotatable bonds is 8. The Labute approximate surface area is 208 Å². The summed E-state index contributed by atoms with van der Waals surface area (Å²) in [6.45, 7) is 3.10. The molecule has 3 aromatic carbocycles. The van der Waals surface area contributed by atoms with Crippen LogP contribution in [0.4, 0.5) is 5.69 Å². The van der Waals surface area contributed by atoms with Crippen LogP contribution in [0.2, 0.25) is 5.02 Å². The van der Waals surface area contributed by atoms with E-state index in [1.807, 2.05) is 37.3 Å². The van der Waals surface area contributed by atoms with Gasteiger partial charge >= 0.3 is 0 Å². The number of Topliss-reactive ketones (excluding diaryl/α,β-unsaturated/α-hetero) is 1. The highest BCUT2D eigenvalue weighted by molar-refractivity contribution is 6.32. The number of ether oxygens (including phenoxy) is 2. The van der Waals surface area contributed by atoms with E-state index in [0.717, 1.165) is 5.56 Å². The summed E-state index contributed by atoms with van der Waals surface area (Å²) in [5.74, 6) is -0.173. The Bertz CT molecular complexity index is 1250. The topological polar surface area (TPSA) is 84.9 Å². The number of carbonyl (C=O) groups is 3. The zero-order valence-corrected chi connectivity index (χ0v) is 20.1. The Morgan fingerprint density at radius 1 is 1.06 bits per heavy atom. The summed E-state index contributed by atoms with van der Waals surface area (Å²) in [4.78, 5) is 40.0. The maximum atomic E-state index is 13.0. The zero-order valence-electron chi connectivity index (χ0n) is 19.4. The van der Waals surface area contributed by atoms with Gasteiger partial charge in [-0.2, -0.15) is 0 Å². The fourth-order valence-electron chi connectivity index (χ4n) is 3.83. The summed E-state index contributed by atoms with van der Waals surface area (Å²) in [7, 11) is 0. The number of benzene rings is 3. The van der Waals surface area contributed by atoms with Crippen LogP contribution in [0.3, 0.4) is 0 Å². The molecule has 0 unspecified atom stereocenters. The summed E-state index contributed by atoms with van der Waals surface area (Å²) >= 11 is 6.09. The minimum absolute atomic E-state index is 0.193. The molecule has 180 valence electrons. The second-order valence-corrected chi connectivity index (χ2v) is 8.60. The largest absolute Gasteiger partial charge is 0.484 e. The van der Waals surface area contributed by atoms with E-state index in [0.29, 0.717) is 27.8 Å². The van der Waals surface area contributed by atoms with Crippen molar-refractivity contribution in [3.63, 3.8) is 0 Å². The van der Waals surface area contributed by atoms with Crippen molar-refractivity contribution in [3.8, 4) is 11.5 Å². The van der Waals surface area contributed by atoms with Gasteiger partial charge in [0.25, 0.3) is 5.91 Å². The molecule has 1 aliphatic rings. The Morgan fingerprint density at radius 3 is 2.51 bits per heavy atom. The molecule has 1 heterocycles. The van der Waals surface area contributed by atoms with Gasteiger partial charge in [-0.3, -0.25) is 19.3 Å². The van der Waals surface area contributed by atoms with Crippen LogP contribution in [0.5, 0.6) is 11.5 Å². The maximum absolute atomic E-state index is 13.0. The van der Waals surface area contributed by atoms with Gasteiger partial charge in [0.1, 0.15) is 17.5 Å². The molecule has 2 amide bonds. The predicted octanol–water partition coefficient (Wildman–Crippen LogP) is 4.59. The van der Waals surface area contributed by atoms with Crippen LogP contribution in [-0.2, 0) is 9.59 Å². The van der Waals surface area contributed by atoms with Crippen LogP contribution in [0.25, 0.3) is 0 Å². The highest BCUT2D eigenvalue weighted by Gasteiger charge is 2.34. The second-order valence-electron chi connectivity index (χ2n) is 8.19. The van der Waals surface area contributed by atoms with Gasteiger partial charge in [0.2, 0.25) is 5.91 Å². The van der Waals surface area contributed by atoms with Crippen LogP contribution >= 0.6 is 11.6 Å². The van der Waals surface area contributed by atoms with Gasteiger partial charge in [-0.05, 0) is 49.7 Å². The number of nitrogens with zero attached hydrogens (tertiary/aromatic N) is 1. The van der Waals surface area contributed by atoms with Crippen molar-refractivity contribution in [2.24, 2.45) is 0 Å². The molecule has 1 N–H and O–H groups in total. The predicted molar refractivity (Wildman–Crippen MR) is 133 cm³/mol. The van der Waals surface area contributed by atoms with Crippen molar-refractivity contribution in [1.29, 1.82) is 0 Å². The molecule has 7 nitrogen and oxygen atoms in total. The molecule has 0 saturated heterocycles. The van der Waals surface area contributed by atoms with Gasteiger partial charge in [0.05, 0.1) is 16.8 Å². The molecule has 35 heavy (non-hydrogen) atoms. The van der Waals surface area contributed by atoms with Crippen molar-refractivity contribution in [2.45, 2.75) is 25.9 Å². The standard InChI is InChI=1S/C27H25ClN2O5/c1-17(19-8-4-3-5-9-19)29-27(33)18(2)30-22-14-20(12-13-25(22)35-16-26(30)32)23(31)15-34-24-11-7-6-10-21(24)28/h3-14,17-18H,15-16H2,1-2H3,(H,29,33)/t17-,18+/m0/s1. The SMILES string of the molecule is C[C@H](NC(=O)[C@@H](C)N1C(=O)COc2ccc(C(=O)COc3ccccc3Cl)cc21)c1ccccc1. The Hall–Kier alpha value is -3.84. The molecule has 4 rings (SSSR count). The fourth-order valence-corrected chi connectivity index (χ4v) is 4.02. The van der Waals surface area contributed by atoms with E-state index in [2.05, 4.69) is 5.32 Å². The van der Waals surface area contributed by atoms with Gasteiger partial charge in [0, 0.05) is 5.56 Å². The average Bonchev–Trinajstić information content (AvgIpc) is 2.87. The second kappa shape index (κ2) is 10.6. The van der Waals surface area contributed by atoms with Crippen molar-refractivity contribution in [2.75, 3.05) is 18.1 Å². The quantitative estimate of drug-likeness (QED) is 0.465. The molecule has 3 aromatic rings. The lowest BCUT2D eigenvalue weighted by Crippen LogP contribution is -2.51. The summed E-state index contributed by atoms with van der Waals surface area (Å²) in [5, 5.41) is 3.36. The number of halogens is 1. The molecular formula is C27H25ClN2O5. The first-order valence-corrected chi connectivity index (χ1v) is 11.6. The van der Waals surface area contributed by atoms with Gasteiger partial charge in [0.15, 0.2) is 19.0 Å². The minimum Gasteiger partial charge on any atom is -0.484 e. The van der Waals surface area contributed by atoms with Crippen molar-refractivity contribution in [3.05, 3.63) is 88.9 Å². The molecule has 0 aliphatic carbocycles. The number of carbonyl (C=O) groups excluding carboxylic acids is 3. The third kappa shape index (κ3) is 5.46. The van der Waals surface area contributed by atoms with Gasteiger partial charge in [-0.15, -0.1) is 0 Å². The van der Waals surface area contributed by atoms with Crippen molar-refractivity contribution < 1.29 is 23.9 Å².